The van der Waals surface area contributed by atoms with Gasteiger partial charge in [0.05, 0.1) is 26.2 Å². The summed E-state index contributed by atoms with van der Waals surface area (Å²) in [5.74, 6) is -0.147. The predicted molar refractivity (Wildman–Crippen MR) is 112 cm³/mol. The highest BCUT2D eigenvalue weighted by atomic mass is 16.2. The minimum Gasteiger partial charge on any atom is -0.360 e. The molecule has 158 valence electrons. The fourth-order valence-electron chi connectivity index (χ4n) is 4.27. The zero-order valence-corrected chi connectivity index (χ0v) is 17.5. The number of hydrogen-bond donors (Lipinski definition) is 3. The van der Waals surface area contributed by atoms with Gasteiger partial charge in [0.2, 0.25) is 0 Å². The average Bonchev–Trinajstić information content (AvgIpc) is 2.74. The van der Waals surface area contributed by atoms with Crippen LogP contribution in [0.4, 0.5) is 10.5 Å². The van der Waals surface area contributed by atoms with E-state index in [1.165, 1.54) is 11.3 Å². The van der Waals surface area contributed by atoms with Crippen molar-refractivity contribution in [3.63, 3.8) is 0 Å². The molecule has 1 aliphatic heterocycles. The first kappa shape index (κ1) is 21.3. The lowest BCUT2D eigenvalue weighted by molar-refractivity contribution is -0.914. The van der Waals surface area contributed by atoms with E-state index in [2.05, 4.69) is 15.5 Å². The highest BCUT2D eigenvalue weighted by Crippen LogP contribution is 2.17. The van der Waals surface area contributed by atoms with Crippen molar-refractivity contribution < 1.29 is 19.3 Å². The minimum absolute atomic E-state index is 0.0678. The van der Waals surface area contributed by atoms with Crippen LogP contribution in [-0.4, -0.2) is 56.0 Å². The zero-order chi connectivity index (χ0) is 20.8. The van der Waals surface area contributed by atoms with E-state index < -0.39 is 0 Å². The molecule has 1 aromatic carbocycles. The first-order valence-corrected chi connectivity index (χ1v) is 10.8. The fraction of sp³-hybridized carbons (Fsp3) is 0.591. The van der Waals surface area contributed by atoms with Gasteiger partial charge in [-0.3, -0.25) is 14.9 Å². The van der Waals surface area contributed by atoms with Crippen molar-refractivity contribution >= 4 is 23.4 Å². The van der Waals surface area contributed by atoms with Gasteiger partial charge in [-0.2, -0.15) is 0 Å². The Bertz CT molecular complexity index is 720. The Kier molecular flexibility index (Phi) is 7.25. The van der Waals surface area contributed by atoms with Crippen LogP contribution in [0.3, 0.4) is 0 Å². The van der Waals surface area contributed by atoms with Crippen LogP contribution in [-0.2, 0) is 4.79 Å². The Morgan fingerprint density at radius 3 is 2.24 bits per heavy atom. The van der Waals surface area contributed by atoms with Crippen LogP contribution in [0.15, 0.2) is 24.3 Å². The van der Waals surface area contributed by atoms with Gasteiger partial charge in [-0.15, -0.1) is 0 Å². The maximum atomic E-state index is 12.5. The molecule has 2 fully saturated rings. The lowest BCUT2D eigenvalue weighted by Crippen LogP contribution is -3.19. The number of urea groups is 1. The van der Waals surface area contributed by atoms with Crippen molar-refractivity contribution in [3.05, 3.63) is 29.8 Å². The van der Waals surface area contributed by atoms with Crippen LogP contribution < -0.4 is 20.4 Å². The number of carbonyl (C=O) groups is 3. The van der Waals surface area contributed by atoms with Crippen LogP contribution in [0.1, 0.15) is 56.3 Å². The second kappa shape index (κ2) is 9.87. The molecule has 1 aliphatic carbocycles. The maximum Gasteiger partial charge on any atom is 0.321 e. The van der Waals surface area contributed by atoms with Crippen molar-refractivity contribution in [1.82, 2.24) is 10.6 Å². The molecule has 0 bridgehead atoms. The third kappa shape index (κ3) is 5.79. The number of piperazine rings is 1. The first-order chi connectivity index (χ1) is 13.9. The lowest BCUT2D eigenvalue weighted by Gasteiger charge is -2.36. The van der Waals surface area contributed by atoms with E-state index in [0.29, 0.717) is 0 Å². The number of ketones is 1. The summed E-state index contributed by atoms with van der Waals surface area (Å²) in [6, 6.07) is 7.24. The molecular weight excluding hydrogens is 368 g/mol. The standard InChI is InChI=1S/C22H32N4O3/c1-16(21(28)24-22(29)23-19-6-4-3-5-7-19)25-12-14-26(15-13-25)20-10-8-18(9-11-20)17(2)27/h8-11,16,19H,3-7,12-15H2,1-2H3,(H2,23,24,28,29)/p+1/t16-/m1/s1. The first-order valence-electron chi connectivity index (χ1n) is 10.8. The molecule has 2 aliphatic rings. The predicted octanol–water partition coefficient (Wildman–Crippen LogP) is 1.14. The number of Topliss-reactive ketones (excluding diaryl/α,β-unsaturated/α-hetero) is 1. The third-order valence-electron chi connectivity index (χ3n) is 6.23. The molecule has 1 heterocycles. The number of anilines is 1. The Morgan fingerprint density at radius 1 is 1.03 bits per heavy atom. The monoisotopic (exact) mass is 401 g/mol. The molecule has 3 rings (SSSR count). The van der Waals surface area contributed by atoms with Gasteiger partial charge in [-0.05, 0) is 51.0 Å². The molecule has 3 amide bonds. The molecule has 3 N–H and O–H groups in total. The van der Waals surface area contributed by atoms with E-state index >= 15 is 0 Å². The molecule has 1 saturated carbocycles. The van der Waals surface area contributed by atoms with Gasteiger partial charge in [0, 0.05) is 17.3 Å². The molecule has 0 spiro atoms. The zero-order valence-electron chi connectivity index (χ0n) is 17.5. The van der Waals surface area contributed by atoms with E-state index in [-0.39, 0.29) is 29.8 Å². The van der Waals surface area contributed by atoms with E-state index in [4.69, 9.17) is 0 Å². The van der Waals surface area contributed by atoms with E-state index in [9.17, 15) is 14.4 Å². The van der Waals surface area contributed by atoms with Crippen LogP contribution in [0.25, 0.3) is 0 Å². The van der Waals surface area contributed by atoms with Gasteiger partial charge in [0.25, 0.3) is 5.91 Å². The maximum absolute atomic E-state index is 12.5. The Balaban J connectivity index is 1.44. The molecule has 29 heavy (non-hydrogen) atoms. The van der Waals surface area contributed by atoms with Crippen LogP contribution in [0.2, 0.25) is 0 Å². The molecular formula is C22H33N4O3+. The summed E-state index contributed by atoms with van der Waals surface area (Å²) in [5.41, 5.74) is 1.81. The van der Waals surface area contributed by atoms with Crippen molar-refractivity contribution in [1.29, 1.82) is 0 Å². The topological polar surface area (TPSA) is 83.0 Å². The number of imide groups is 1. The number of hydrogen-bond acceptors (Lipinski definition) is 4. The molecule has 1 atom stereocenters. The second-order valence-electron chi connectivity index (χ2n) is 8.27. The number of quaternary nitrogens is 1. The van der Waals surface area contributed by atoms with Crippen LogP contribution >= 0.6 is 0 Å². The highest BCUT2D eigenvalue weighted by molar-refractivity contribution is 5.96. The third-order valence-corrected chi connectivity index (χ3v) is 6.23. The quantitative estimate of drug-likeness (QED) is 0.646. The summed E-state index contributed by atoms with van der Waals surface area (Å²) in [7, 11) is 0. The molecule has 7 nitrogen and oxygen atoms in total. The fourth-order valence-corrected chi connectivity index (χ4v) is 4.27. The minimum atomic E-state index is -0.364. The van der Waals surface area contributed by atoms with Gasteiger partial charge in [-0.1, -0.05) is 19.3 Å². The van der Waals surface area contributed by atoms with Gasteiger partial charge in [0.1, 0.15) is 0 Å². The largest absolute Gasteiger partial charge is 0.360 e. The van der Waals surface area contributed by atoms with E-state index in [1.54, 1.807) is 6.92 Å². The smallest absolute Gasteiger partial charge is 0.321 e. The molecule has 1 saturated heterocycles. The number of nitrogens with zero attached hydrogens (tertiary/aromatic N) is 1. The van der Waals surface area contributed by atoms with Gasteiger partial charge in [0.15, 0.2) is 11.8 Å². The van der Waals surface area contributed by atoms with Crippen LogP contribution in [0.5, 0.6) is 0 Å². The van der Waals surface area contributed by atoms with Crippen molar-refractivity contribution in [2.75, 3.05) is 31.1 Å². The summed E-state index contributed by atoms with van der Waals surface area (Å²) >= 11 is 0. The normalized spacial score (nSPS) is 19.4. The summed E-state index contributed by atoms with van der Waals surface area (Å²) in [6.07, 6.45) is 5.50. The Morgan fingerprint density at radius 2 is 1.66 bits per heavy atom. The molecule has 0 unspecified atom stereocenters. The molecule has 7 heteroatoms. The Labute approximate surface area is 172 Å². The van der Waals surface area contributed by atoms with E-state index in [0.717, 1.165) is 63.1 Å². The van der Waals surface area contributed by atoms with Crippen molar-refractivity contribution in [2.45, 2.75) is 58.0 Å². The molecule has 1 aromatic rings. The van der Waals surface area contributed by atoms with Gasteiger partial charge < -0.3 is 15.1 Å². The lowest BCUT2D eigenvalue weighted by atomic mass is 9.96. The molecule has 0 radical (unpaired) electrons. The van der Waals surface area contributed by atoms with Gasteiger partial charge in [-0.25, -0.2) is 4.79 Å². The van der Waals surface area contributed by atoms with Crippen molar-refractivity contribution in [2.24, 2.45) is 0 Å². The summed E-state index contributed by atoms with van der Waals surface area (Å²) < 4.78 is 0. The highest BCUT2D eigenvalue weighted by Gasteiger charge is 2.30. The summed E-state index contributed by atoms with van der Waals surface area (Å²) in [5, 5.41) is 5.46. The summed E-state index contributed by atoms with van der Waals surface area (Å²) in [4.78, 5) is 39.5. The van der Waals surface area contributed by atoms with Gasteiger partial charge >= 0.3 is 6.03 Å². The Hall–Kier alpha value is -2.41. The number of carbonyl (C=O) groups excluding carboxylic acids is 3. The second-order valence-corrected chi connectivity index (χ2v) is 8.27. The molecule has 0 aromatic heterocycles. The SMILES string of the molecule is CC(=O)c1ccc(N2CC[NH+]([C@H](C)C(=O)NC(=O)NC3CCCCC3)CC2)cc1. The number of nitrogens with one attached hydrogen (secondary N) is 3. The number of benzene rings is 1. The summed E-state index contributed by atoms with van der Waals surface area (Å²) in [6.45, 7) is 6.77. The van der Waals surface area contributed by atoms with Crippen molar-refractivity contribution in [3.8, 4) is 0 Å². The average molecular weight is 402 g/mol. The number of amides is 3. The number of rotatable bonds is 5. The van der Waals surface area contributed by atoms with E-state index in [1.807, 2.05) is 31.2 Å². The van der Waals surface area contributed by atoms with Crippen LogP contribution in [0, 0.1) is 0 Å².